The van der Waals surface area contributed by atoms with Gasteiger partial charge in [0.25, 0.3) is 11.8 Å². The van der Waals surface area contributed by atoms with Gasteiger partial charge in [-0.05, 0) is 55.0 Å². The van der Waals surface area contributed by atoms with Crippen molar-refractivity contribution in [3.63, 3.8) is 0 Å². The summed E-state index contributed by atoms with van der Waals surface area (Å²) in [7, 11) is 0. The fourth-order valence-electron chi connectivity index (χ4n) is 7.44. The highest BCUT2D eigenvalue weighted by molar-refractivity contribution is 6.22. The Hall–Kier alpha value is -4.69. The van der Waals surface area contributed by atoms with Gasteiger partial charge in [0, 0.05) is 31.0 Å². The zero-order valence-corrected chi connectivity index (χ0v) is 26.7. The van der Waals surface area contributed by atoms with Gasteiger partial charge in [0.15, 0.2) is 12.0 Å². The van der Waals surface area contributed by atoms with Crippen LogP contribution in [0.5, 0.6) is 0 Å². The molecule has 0 saturated heterocycles. The molecule has 7 rings (SSSR count). The summed E-state index contributed by atoms with van der Waals surface area (Å²) in [4.78, 5) is 38.8. The average Bonchev–Trinajstić information content (AvgIpc) is 3.55. The molecule has 46 heavy (non-hydrogen) atoms. The van der Waals surface area contributed by atoms with E-state index in [4.69, 9.17) is 10.1 Å². The minimum absolute atomic E-state index is 0.0253. The summed E-state index contributed by atoms with van der Waals surface area (Å²) < 4.78 is 1.90. The number of aromatic nitrogens is 2. The number of amides is 2. The van der Waals surface area contributed by atoms with Gasteiger partial charge in [0.1, 0.15) is 0 Å². The van der Waals surface area contributed by atoms with Gasteiger partial charge >= 0.3 is 0 Å². The van der Waals surface area contributed by atoms with Crippen LogP contribution in [0.3, 0.4) is 0 Å². The van der Waals surface area contributed by atoms with Crippen molar-refractivity contribution >= 4 is 29.6 Å². The van der Waals surface area contributed by atoms with Crippen molar-refractivity contribution in [2.45, 2.75) is 64.3 Å². The number of hydrogen-bond acceptors (Lipinski definition) is 6. The molecule has 1 aromatic carbocycles. The normalized spacial score (nSPS) is 29.9. The molecule has 0 radical (unpaired) electrons. The lowest BCUT2D eigenvalue weighted by molar-refractivity contribution is -0.137. The van der Waals surface area contributed by atoms with E-state index in [2.05, 4.69) is 42.0 Å². The number of hydrogen-bond donors (Lipinski definition) is 1. The molecule has 3 aliphatic heterocycles. The Morgan fingerprint density at radius 2 is 1.83 bits per heavy atom. The van der Waals surface area contributed by atoms with Crippen molar-refractivity contribution in [3.05, 3.63) is 119 Å². The van der Waals surface area contributed by atoms with Crippen molar-refractivity contribution < 1.29 is 14.7 Å². The van der Waals surface area contributed by atoms with Crippen LogP contribution in [0.4, 0.5) is 5.82 Å². The van der Waals surface area contributed by atoms with Crippen LogP contribution in [0.25, 0.3) is 0 Å². The van der Waals surface area contributed by atoms with Gasteiger partial charge in [-0.3, -0.25) is 19.5 Å². The topological polar surface area (TPSA) is 100 Å². The number of rotatable bonds is 7. The first-order valence-electron chi connectivity index (χ1n) is 16.0. The van der Waals surface area contributed by atoms with Crippen LogP contribution in [-0.4, -0.2) is 54.7 Å². The van der Waals surface area contributed by atoms with Gasteiger partial charge in [0.2, 0.25) is 0 Å². The minimum Gasteiger partial charge on any atom is -0.389 e. The second-order valence-corrected chi connectivity index (χ2v) is 13.3. The Kier molecular flexibility index (Phi) is 7.16. The maximum Gasteiger partial charge on any atom is 0.262 e. The van der Waals surface area contributed by atoms with Crippen molar-refractivity contribution in [2.24, 2.45) is 27.7 Å². The van der Waals surface area contributed by atoms with Crippen LogP contribution < -0.4 is 0 Å². The second kappa shape index (κ2) is 11.0. The number of dihydropyridines is 1. The fourth-order valence-corrected chi connectivity index (χ4v) is 7.44. The SMILES string of the molecule is C=C(C=CC(=CC)C1=NC2C(C=Nc3cc(C)nn32)C=C1C1C=CC=CC1)C1(N2C(=O)c3ccccc3C2=O)CC(O)(C(C)C)C1. The molecule has 1 N–H and O–H groups in total. The Morgan fingerprint density at radius 1 is 1.11 bits per heavy atom. The van der Waals surface area contributed by atoms with Crippen LogP contribution in [0.15, 0.2) is 112 Å². The molecule has 0 spiro atoms. The van der Waals surface area contributed by atoms with E-state index in [1.54, 1.807) is 24.3 Å². The average molecular weight is 614 g/mol. The van der Waals surface area contributed by atoms with Crippen LogP contribution in [0.1, 0.15) is 72.6 Å². The maximum absolute atomic E-state index is 13.7. The predicted molar refractivity (Wildman–Crippen MR) is 180 cm³/mol. The number of carbonyl (C=O) groups is 2. The zero-order valence-electron chi connectivity index (χ0n) is 26.7. The lowest BCUT2D eigenvalue weighted by Gasteiger charge is -2.58. The number of allylic oxidation sites excluding steroid dienone is 8. The standard InChI is InChI=1S/C38H39N5O3/c1-6-26(33-31(27-12-8-7-9-13-27)19-28-20-39-32-18-25(5)41-43(32)34(28)40-33)17-16-24(4)37(21-38(46,22-37)23(2)3)42-35(44)29-14-10-11-15-30(29)36(42)45/h6-12,14-20,23,27-28,34,46H,4,13,21-22H2,1-3,5H3. The first kappa shape index (κ1) is 30.0. The molecule has 8 nitrogen and oxygen atoms in total. The molecule has 1 saturated carbocycles. The Balaban J connectivity index is 1.25. The fraction of sp³-hybridized carbons (Fsp3) is 0.342. The molecule has 3 unspecified atom stereocenters. The quantitative estimate of drug-likeness (QED) is 0.274. The summed E-state index contributed by atoms with van der Waals surface area (Å²) >= 11 is 0. The summed E-state index contributed by atoms with van der Waals surface area (Å²) in [5, 5.41) is 16.2. The molecule has 2 aromatic rings. The van der Waals surface area contributed by atoms with Crippen LogP contribution in [0, 0.1) is 24.7 Å². The molecular weight excluding hydrogens is 574 g/mol. The van der Waals surface area contributed by atoms with E-state index in [0.717, 1.165) is 34.8 Å². The van der Waals surface area contributed by atoms with Crippen LogP contribution in [0.2, 0.25) is 0 Å². The maximum atomic E-state index is 13.7. The first-order valence-corrected chi connectivity index (χ1v) is 16.0. The van der Waals surface area contributed by atoms with E-state index in [9.17, 15) is 14.7 Å². The number of benzene rings is 1. The summed E-state index contributed by atoms with van der Waals surface area (Å²) in [5.41, 5.74) is 3.09. The van der Waals surface area contributed by atoms with E-state index in [0.29, 0.717) is 16.7 Å². The van der Waals surface area contributed by atoms with Gasteiger partial charge in [0.05, 0.1) is 39.6 Å². The molecular formula is C38H39N5O3. The molecule has 0 bridgehead atoms. The molecule has 4 heterocycles. The van der Waals surface area contributed by atoms with E-state index in [1.165, 1.54) is 4.90 Å². The van der Waals surface area contributed by atoms with Gasteiger partial charge in [-0.1, -0.05) is 81.2 Å². The summed E-state index contributed by atoms with van der Waals surface area (Å²) in [5.74, 6) is 0.174. The first-order chi connectivity index (χ1) is 22.1. The number of imide groups is 1. The lowest BCUT2D eigenvalue weighted by Crippen LogP contribution is -2.68. The summed E-state index contributed by atoms with van der Waals surface area (Å²) in [6.45, 7) is 12.3. The van der Waals surface area contributed by atoms with Crippen molar-refractivity contribution in [2.75, 3.05) is 0 Å². The smallest absolute Gasteiger partial charge is 0.262 e. The zero-order chi connectivity index (χ0) is 32.4. The Bertz CT molecular complexity index is 1840. The third-order valence-corrected chi connectivity index (χ3v) is 10.2. The minimum atomic E-state index is -1.04. The number of aliphatic hydroxyl groups is 1. The predicted octanol–water partition coefficient (Wildman–Crippen LogP) is 6.81. The van der Waals surface area contributed by atoms with Crippen LogP contribution >= 0.6 is 0 Å². The Labute approximate surface area is 269 Å². The number of fused-ring (bicyclic) bond motifs is 4. The third kappa shape index (κ3) is 4.57. The summed E-state index contributed by atoms with van der Waals surface area (Å²) in [6.07, 6.45) is 19.7. The highest BCUT2D eigenvalue weighted by atomic mass is 16.3. The number of nitrogens with zero attached hydrogens (tertiary/aromatic N) is 5. The van der Waals surface area contributed by atoms with E-state index >= 15 is 0 Å². The number of carbonyl (C=O) groups excluding carboxylic acids is 2. The third-order valence-electron chi connectivity index (χ3n) is 10.2. The van der Waals surface area contributed by atoms with Gasteiger partial charge in [-0.15, -0.1) is 0 Å². The van der Waals surface area contributed by atoms with Crippen molar-refractivity contribution in [1.29, 1.82) is 0 Å². The van der Waals surface area contributed by atoms with E-state index < -0.39 is 11.1 Å². The number of aryl methyl sites for hydroxylation is 1. The molecule has 2 aliphatic carbocycles. The number of aliphatic imine (C=N–C) groups is 2. The molecule has 8 heteroatoms. The molecule has 5 aliphatic rings. The van der Waals surface area contributed by atoms with Gasteiger partial charge in [-0.2, -0.15) is 5.10 Å². The van der Waals surface area contributed by atoms with Gasteiger partial charge < -0.3 is 5.11 Å². The molecule has 234 valence electrons. The largest absolute Gasteiger partial charge is 0.389 e. The van der Waals surface area contributed by atoms with Crippen molar-refractivity contribution in [1.82, 2.24) is 14.7 Å². The Morgan fingerprint density at radius 3 is 2.46 bits per heavy atom. The second-order valence-electron chi connectivity index (χ2n) is 13.3. The monoisotopic (exact) mass is 613 g/mol. The molecule has 1 fully saturated rings. The molecule has 3 atom stereocenters. The van der Waals surface area contributed by atoms with Gasteiger partial charge in [-0.25, -0.2) is 9.67 Å². The van der Waals surface area contributed by atoms with Crippen LogP contribution in [-0.2, 0) is 0 Å². The summed E-state index contributed by atoms with van der Waals surface area (Å²) in [6, 6.07) is 8.87. The van der Waals surface area contributed by atoms with E-state index in [-0.39, 0.29) is 48.6 Å². The lowest BCUT2D eigenvalue weighted by atomic mass is 9.57. The highest BCUT2D eigenvalue weighted by Gasteiger charge is 2.63. The molecule has 2 amide bonds. The van der Waals surface area contributed by atoms with E-state index in [1.807, 2.05) is 62.9 Å². The highest BCUT2D eigenvalue weighted by Crippen LogP contribution is 2.55. The molecule has 1 aromatic heterocycles. The van der Waals surface area contributed by atoms with Crippen molar-refractivity contribution in [3.8, 4) is 0 Å².